The molecule has 0 atom stereocenters. The van der Waals surface area contributed by atoms with Gasteiger partial charge in [0.15, 0.2) is 0 Å². The van der Waals surface area contributed by atoms with Gasteiger partial charge in [0.25, 0.3) is 0 Å². The molecule has 6 aromatic rings. The van der Waals surface area contributed by atoms with Crippen molar-refractivity contribution in [3.63, 3.8) is 0 Å². The van der Waals surface area contributed by atoms with E-state index < -0.39 is 0 Å². The molecule has 38 heavy (non-hydrogen) atoms. The smallest absolute Gasteiger partial charge is 0.0713 e. The summed E-state index contributed by atoms with van der Waals surface area (Å²) >= 11 is 6.65. The highest BCUT2D eigenvalue weighted by Crippen LogP contribution is 2.56. The van der Waals surface area contributed by atoms with Crippen molar-refractivity contribution in [3.05, 3.63) is 179 Å². The molecule has 0 nitrogen and oxygen atoms in total. The molecule has 0 bridgehead atoms. The standard InChI is InChI=1S/C37H25Cl/c38-32-23-28(26-12-4-1-5-13-26)22-29(24-32)27-20-21-36-34(25-27)33-18-10-11-19-35(33)37(36,30-14-6-2-7-15-30)31-16-8-3-9-17-31/h1-25H. The second-order valence-electron chi connectivity index (χ2n) is 9.88. The van der Waals surface area contributed by atoms with Gasteiger partial charge < -0.3 is 0 Å². The van der Waals surface area contributed by atoms with Crippen LogP contribution >= 0.6 is 11.6 Å². The molecule has 0 amide bonds. The zero-order valence-corrected chi connectivity index (χ0v) is 21.6. The van der Waals surface area contributed by atoms with E-state index in [-0.39, 0.29) is 5.41 Å². The minimum absolute atomic E-state index is 0.378. The third-order valence-corrected chi connectivity index (χ3v) is 8.01. The molecule has 1 aliphatic carbocycles. The summed E-state index contributed by atoms with van der Waals surface area (Å²) in [5.74, 6) is 0. The van der Waals surface area contributed by atoms with Crippen LogP contribution in [0.1, 0.15) is 22.3 Å². The van der Waals surface area contributed by atoms with Crippen LogP contribution in [0.2, 0.25) is 5.02 Å². The van der Waals surface area contributed by atoms with Crippen molar-refractivity contribution >= 4 is 11.6 Å². The van der Waals surface area contributed by atoms with Gasteiger partial charge in [-0.15, -0.1) is 0 Å². The van der Waals surface area contributed by atoms with Crippen molar-refractivity contribution in [1.82, 2.24) is 0 Å². The zero-order valence-electron chi connectivity index (χ0n) is 20.8. The van der Waals surface area contributed by atoms with Crippen LogP contribution in [0.3, 0.4) is 0 Å². The highest BCUT2D eigenvalue weighted by Gasteiger charge is 2.45. The van der Waals surface area contributed by atoms with Crippen molar-refractivity contribution in [2.45, 2.75) is 5.41 Å². The third kappa shape index (κ3) is 3.53. The first-order chi connectivity index (χ1) is 18.7. The van der Waals surface area contributed by atoms with E-state index in [4.69, 9.17) is 11.6 Å². The average Bonchev–Trinajstić information content (AvgIpc) is 3.29. The summed E-state index contributed by atoms with van der Waals surface area (Å²) in [6.07, 6.45) is 0. The number of benzene rings is 6. The average molecular weight is 505 g/mol. The third-order valence-electron chi connectivity index (χ3n) is 7.80. The second-order valence-corrected chi connectivity index (χ2v) is 10.3. The Bertz CT molecular complexity index is 1710. The van der Waals surface area contributed by atoms with E-state index in [0.29, 0.717) is 0 Å². The van der Waals surface area contributed by atoms with E-state index >= 15 is 0 Å². The molecule has 0 N–H and O–H groups in total. The second kappa shape index (κ2) is 9.17. The predicted octanol–water partition coefficient (Wildman–Crippen LogP) is 10.0. The maximum Gasteiger partial charge on any atom is 0.0713 e. The molecule has 0 aliphatic heterocycles. The van der Waals surface area contributed by atoms with E-state index in [1.165, 1.54) is 33.4 Å². The maximum absolute atomic E-state index is 6.65. The van der Waals surface area contributed by atoms with E-state index in [2.05, 4.69) is 140 Å². The predicted molar refractivity (Wildman–Crippen MR) is 160 cm³/mol. The summed E-state index contributed by atoms with van der Waals surface area (Å²) in [4.78, 5) is 0. The molecular weight excluding hydrogens is 480 g/mol. The molecule has 0 saturated carbocycles. The monoisotopic (exact) mass is 504 g/mol. The van der Waals surface area contributed by atoms with Gasteiger partial charge in [0, 0.05) is 5.02 Å². The Morgan fingerprint density at radius 3 is 1.55 bits per heavy atom. The summed E-state index contributed by atoms with van der Waals surface area (Å²) in [5, 5.41) is 0.741. The molecule has 1 aliphatic rings. The van der Waals surface area contributed by atoms with Gasteiger partial charge in [0.1, 0.15) is 0 Å². The van der Waals surface area contributed by atoms with Gasteiger partial charge >= 0.3 is 0 Å². The number of hydrogen-bond acceptors (Lipinski definition) is 0. The van der Waals surface area contributed by atoms with Crippen molar-refractivity contribution in [2.75, 3.05) is 0 Å². The Kier molecular flexibility index (Phi) is 5.50. The Labute approximate surface area is 228 Å². The lowest BCUT2D eigenvalue weighted by atomic mass is 9.67. The first kappa shape index (κ1) is 22.8. The lowest BCUT2D eigenvalue weighted by Gasteiger charge is -2.33. The van der Waals surface area contributed by atoms with Gasteiger partial charge in [0.05, 0.1) is 5.41 Å². The molecular formula is C37H25Cl. The van der Waals surface area contributed by atoms with Crippen molar-refractivity contribution in [2.24, 2.45) is 0 Å². The van der Waals surface area contributed by atoms with E-state index in [1.807, 2.05) is 12.1 Å². The summed E-state index contributed by atoms with van der Waals surface area (Å²) in [6, 6.07) is 54.4. The van der Waals surface area contributed by atoms with Gasteiger partial charge in [-0.3, -0.25) is 0 Å². The molecule has 0 radical (unpaired) electrons. The summed E-state index contributed by atoms with van der Waals surface area (Å²) in [6.45, 7) is 0. The van der Waals surface area contributed by atoms with Crippen LogP contribution in [0.5, 0.6) is 0 Å². The summed E-state index contributed by atoms with van der Waals surface area (Å²) in [7, 11) is 0. The Morgan fingerprint density at radius 1 is 0.368 bits per heavy atom. The first-order valence-electron chi connectivity index (χ1n) is 13.0. The SMILES string of the molecule is Clc1cc(-c2ccccc2)cc(-c2ccc3c(c2)-c2ccccc2C3(c2ccccc2)c2ccccc2)c1. The molecule has 6 aromatic carbocycles. The van der Waals surface area contributed by atoms with Crippen LogP contribution in [-0.2, 0) is 5.41 Å². The zero-order chi connectivity index (χ0) is 25.5. The van der Waals surface area contributed by atoms with Crippen molar-refractivity contribution in [1.29, 1.82) is 0 Å². The largest absolute Gasteiger partial charge is 0.0843 e. The van der Waals surface area contributed by atoms with Crippen LogP contribution in [0, 0.1) is 0 Å². The van der Waals surface area contributed by atoms with Gasteiger partial charge in [-0.05, 0) is 79.9 Å². The number of fused-ring (bicyclic) bond motifs is 3. The lowest BCUT2D eigenvalue weighted by Crippen LogP contribution is -2.28. The van der Waals surface area contributed by atoms with Gasteiger partial charge in [-0.2, -0.15) is 0 Å². The quantitative estimate of drug-likeness (QED) is 0.223. The number of halogens is 1. The van der Waals surface area contributed by atoms with Crippen LogP contribution < -0.4 is 0 Å². The Balaban J connectivity index is 1.48. The molecule has 0 heterocycles. The molecule has 0 fully saturated rings. The fourth-order valence-electron chi connectivity index (χ4n) is 6.18. The fraction of sp³-hybridized carbons (Fsp3) is 0.0270. The van der Waals surface area contributed by atoms with Gasteiger partial charge in [0.2, 0.25) is 0 Å². The molecule has 1 heteroatoms. The summed E-state index contributed by atoms with van der Waals surface area (Å²) in [5.41, 5.74) is 11.9. The number of rotatable bonds is 4. The van der Waals surface area contributed by atoms with E-state index in [0.717, 1.165) is 27.3 Å². The Morgan fingerprint density at radius 2 is 0.895 bits per heavy atom. The van der Waals surface area contributed by atoms with Crippen molar-refractivity contribution < 1.29 is 0 Å². The molecule has 0 aromatic heterocycles. The van der Waals surface area contributed by atoms with Crippen molar-refractivity contribution in [3.8, 4) is 33.4 Å². The fourth-order valence-corrected chi connectivity index (χ4v) is 6.42. The Hall–Kier alpha value is -4.39. The van der Waals surface area contributed by atoms with Gasteiger partial charge in [-0.25, -0.2) is 0 Å². The lowest BCUT2D eigenvalue weighted by molar-refractivity contribution is 0.768. The van der Waals surface area contributed by atoms with Crippen LogP contribution in [0.4, 0.5) is 0 Å². The minimum atomic E-state index is -0.378. The molecule has 180 valence electrons. The van der Waals surface area contributed by atoms with E-state index in [1.54, 1.807) is 0 Å². The molecule has 0 spiro atoms. The minimum Gasteiger partial charge on any atom is -0.0843 e. The van der Waals surface area contributed by atoms with E-state index in [9.17, 15) is 0 Å². The molecule has 7 rings (SSSR count). The normalized spacial score (nSPS) is 13.1. The first-order valence-corrected chi connectivity index (χ1v) is 13.3. The number of hydrogen-bond donors (Lipinski definition) is 0. The molecule has 0 unspecified atom stereocenters. The maximum atomic E-state index is 6.65. The topological polar surface area (TPSA) is 0 Å². The highest BCUT2D eigenvalue weighted by molar-refractivity contribution is 6.31. The van der Waals surface area contributed by atoms with Crippen LogP contribution in [0.25, 0.3) is 33.4 Å². The molecule has 0 saturated heterocycles. The van der Waals surface area contributed by atoms with Gasteiger partial charge in [-0.1, -0.05) is 139 Å². The van der Waals surface area contributed by atoms with Crippen LogP contribution in [-0.4, -0.2) is 0 Å². The summed E-state index contributed by atoms with van der Waals surface area (Å²) < 4.78 is 0. The van der Waals surface area contributed by atoms with Crippen LogP contribution in [0.15, 0.2) is 152 Å². The highest BCUT2D eigenvalue weighted by atomic mass is 35.5.